The summed E-state index contributed by atoms with van der Waals surface area (Å²) in [5, 5.41) is 0. The second-order valence-electron chi connectivity index (χ2n) is 6.14. The zero-order chi connectivity index (χ0) is 17.6. The Hall–Kier alpha value is -1.82. The summed E-state index contributed by atoms with van der Waals surface area (Å²) in [6.45, 7) is 1.94. The van der Waals surface area contributed by atoms with Crippen LogP contribution in [0.1, 0.15) is 26.2 Å². The molecule has 0 N–H and O–H groups in total. The third-order valence-corrected chi connectivity index (χ3v) is 6.06. The molecule has 0 radical (unpaired) electrons. The molecule has 1 aliphatic carbocycles. The number of esters is 1. The Kier molecular flexibility index (Phi) is 6.43. The van der Waals surface area contributed by atoms with Gasteiger partial charge in [-0.3, -0.25) is 4.79 Å². The van der Waals surface area contributed by atoms with Crippen LogP contribution in [0.25, 0.3) is 0 Å². The van der Waals surface area contributed by atoms with Crippen molar-refractivity contribution in [3.63, 3.8) is 0 Å². The predicted octanol–water partition coefficient (Wildman–Crippen LogP) is 3.00. The van der Waals surface area contributed by atoms with E-state index in [1.54, 1.807) is 19.1 Å². The quantitative estimate of drug-likeness (QED) is 0.557. The van der Waals surface area contributed by atoms with Crippen LogP contribution in [-0.2, 0) is 19.4 Å². The van der Waals surface area contributed by atoms with Crippen LogP contribution in [0.3, 0.4) is 0 Å². The van der Waals surface area contributed by atoms with Crippen LogP contribution in [0.15, 0.2) is 41.3 Å². The number of hydrogen-bond acceptors (Lipinski definition) is 5. The highest BCUT2D eigenvalue weighted by Crippen LogP contribution is 2.21. The monoisotopic (exact) mass is 352 g/mol. The standard InChI is InChI=1S/C18H24O5S/c1-14(18(19)23-12-15-6-4-3-5-7-15)13-24(20,21)17-10-8-16(22-2)9-11-17/h3-4,8-11,14-15H,5-7,12-13H2,1-2H3. The van der Waals surface area contributed by atoms with Gasteiger partial charge in [-0.25, -0.2) is 8.42 Å². The van der Waals surface area contributed by atoms with Crippen LogP contribution in [0, 0.1) is 11.8 Å². The molecule has 0 amide bonds. The maximum Gasteiger partial charge on any atom is 0.309 e. The summed E-state index contributed by atoms with van der Waals surface area (Å²) in [6, 6.07) is 6.15. The Labute approximate surface area is 143 Å². The van der Waals surface area contributed by atoms with E-state index in [9.17, 15) is 13.2 Å². The van der Waals surface area contributed by atoms with Crippen molar-refractivity contribution in [2.24, 2.45) is 11.8 Å². The number of allylic oxidation sites excluding steroid dienone is 2. The van der Waals surface area contributed by atoms with E-state index in [-0.39, 0.29) is 10.6 Å². The number of rotatable bonds is 7. The minimum Gasteiger partial charge on any atom is -0.497 e. The molecule has 1 aromatic rings. The summed E-state index contributed by atoms with van der Waals surface area (Å²) in [6.07, 6.45) is 7.14. The van der Waals surface area contributed by atoms with E-state index in [0.717, 1.165) is 19.3 Å². The molecule has 0 saturated carbocycles. The van der Waals surface area contributed by atoms with Gasteiger partial charge >= 0.3 is 5.97 Å². The molecule has 5 nitrogen and oxygen atoms in total. The lowest BCUT2D eigenvalue weighted by Crippen LogP contribution is -2.25. The van der Waals surface area contributed by atoms with E-state index in [4.69, 9.17) is 9.47 Å². The summed E-state index contributed by atoms with van der Waals surface area (Å²) in [5.74, 6) is -0.493. The highest BCUT2D eigenvalue weighted by molar-refractivity contribution is 7.91. The van der Waals surface area contributed by atoms with E-state index in [1.165, 1.54) is 19.2 Å². The summed E-state index contributed by atoms with van der Waals surface area (Å²) in [5.41, 5.74) is 0. The third-order valence-electron chi connectivity index (χ3n) is 4.13. The Morgan fingerprint density at radius 3 is 2.54 bits per heavy atom. The molecule has 1 aliphatic rings. The third kappa shape index (κ3) is 5.09. The second-order valence-corrected chi connectivity index (χ2v) is 8.17. The van der Waals surface area contributed by atoms with Gasteiger partial charge in [0.15, 0.2) is 9.84 Å². The average Bonchev–Trinajstić information content (AvgIpc) is 2.60. The van der Waals surface area contributed by atoms with E-state index in [2.05, 4.69) is 12.2 Å². The van der Waals surface area contributed by atoms with Gasteiger partial charge < -0.3 is 9.47 Å². The SMILES string of the molecule is COc1ccc(S(=O)(=O)CC(C)C(=O)OCC2CC=CCC2)cc1. The van der Waals surface area contributed by atoms with E-state index in [0.29, 0.717) is 18.3 Å². The van der Waals surface area contributed by atoms with Gasteiger partial charge in [-0.2, -0.15) is 0 Å². The topological polar surface area (TPSA) is 69.7 Å². The predicted molar refractivity (Wildman–Crippen MR) is 91.7 cm³/mol. The molecule has 0 bridgehead atoms. The molecule has 0 aromatic heterocycles. The van der Waals surface area contributed by atoms with Crippen molar-refractivity contribution in [1.82, 2.24) is 0 Å². The Morgan fingerprint density at radius 1 is 1.25 bits per heavy atom. The van der Waals surface area contributed by atoms with E-state index < -0.39 is 21.7 Å². The molecule has 24 heavy (non-hydrogen) atoms. The van der Waals surface area contributed by atoms with Crippen molar-refractivity contribution in [3.8, 4) is 5.75 Å². The molecule has 1 aromatic carbocycles. The van der Waals surface area contributed by atoms with Crippen LogP contribution >= 0.6 is 0 Å². The summed E-state index contributed by atoms with van der Waals surface area (Å²) in [4.78, 5) is 12.3. The number of carbonyl (C=O) groups is 1. The zero-order valence-electron chi connectivity index (χ0n) is 14.1. The van der Waals surface area contributed by atoms with Crippen molar-refractivity contribution in [2.75, 3.05) is 19.5 Å². The van der Waals surface area contributed by atoms with Crippen molar-refractivity contribution < 1.29 is 22.7 Å². The molecule has 0 saturated heterocycles. The number of carbonyl (C=O) groups excluding carboxylic acids is 1. The molecular formula is C18H24O5S. The molecular weight excluding hydrogens is 328 g/mol. The number of ether oxygens (including phenoxy) is 2. The number of sulfone groups is 1. The lowest BCUT2D eigenvalue weighted by atomic mass is 9.95. The minimum atomic E-state index is -3.54. The molecule has 2 rings (SSSR count). The number of benzene rings is 1. The first-order chi connectivity index (χ1) is 11.4. The summed E-state index contributed by atoms with van der Waals surface area (Å²) < 4.78 is 35.1. The van der Waals surface area contributed by atoms with Crippen molar-refractivity contribution in [3.05, 3.63) is 36.4 Å². The van der Waals surface area contributed by atoms with Gasteiger partial charge in [-0.15, -0.1) is 0 Å². The Morgan fingerprint density at radius 2 is 1.96 bits per heavy atom. The van der Waals surface area contributed by atoms with Gasteiger partial charge in [0.2, 0.25) is 0 Å². The molecule has 0 aliphatic heterocycles. The normalized spacial score (nSPS) is 18.8. The minimum absolute atomic E-state index is 0.181. The number of hydrogen-bond donors (Lipinski definition) is 0. The fourth-order valence-electron chi connectivity index (χ4n) is 2.63. The van der Waals surface area contributed by atoms with Gasteiger partial charge in [0, 0.05) is 0 Å². The maximum absolute atomic E-state index is 12.4. The van der Waals surface area contributed by atoms with Gasteiger partial charge in [0.05, 0.1) is 30.3 Å². The van der Waals surface area contributed by atoms with Crippen molar-refractivity contribution in [1.29, 1.82) is 0 Å². The fourth-order valence-corrected chi connectivity index (χ4v) is 4.16. The Bertz CT molecular complexity index is 676. The second kappa shape index (κ2) is 8.33. The van der Waals surface area contributed by atoms with Gasteiger partial charge in [0.25, 0.3) is 0 Å². The van der Waals surface area contributed by atoms with Crippen LogP contribution in [0.5, 0.6) is 5.75 Å². The largest absolute Gasteiger partial charge is 0.497 e. The highest BCUT2D eigenvalue weighted by atomic mass is 32.2. The fraction of sp³-hybridized carbons (Fsp3) is 0.500. The average molecular weight is 352 g/mol. The smallest absolute Gasteiger partial charge is 0.309 e. The number of methoxy groups -OCH3 is 1. The first-order valence-corrected chi connectivity index (χ1v) is 9.76. The molecule has 0 fully saturated rings. The van der Waals surface area contributed by atoms with E-state index in [1.807, 2.05) is 0 Å². The first kappa shape index (κ1) is 18.5. The lowest BCUT2D eigenvalue weighted by Gasteiger charge is -2.19. The maximum atomic E-state index is 12.4. The summed E-state index contributed by atoms with van der Waals surface area (Å²) in [7, 11) is -2.02. The van der Waals surface area contributed by atoms with Crippen LogP contribution in [-0.4, -0.2) is 33.9 Å². The Balaban J connectivity index is 1.89. The highest BCUT2D eigenvalue weighted by Gasteiger charge is 2.25. The molecule has 132 valence electrons. The molecule has 0 heterocycles. The van der Waals surface area contributed by atoms with Crippen LogP contribution in [0.2, 0.25) is 0 Å². The van der Waals surface area contributed by atoms with Crippen molar-refractivity contribution in [2.45, 2.75) is 31.1 Å². The first-order valence-electron chi connectivity index (χ1n) is 8.11. The lowest BCUT2D eigenvalue weighted by molar-refractivity contribution is -0.148. The zero-order valence-corrected chi connectivity index (χ0v) is 14.9. The molecule has 2 unspecified atom stereocenters. The van der Waals surface area contributed by atoms with Crippen LogP contribution in [0.4, 0.5) is 0 Å². The van der Waals surface area contributed by atoms with Crippen LogP contribution < -0.4 is 4.74 Å². The molecule has 0 spiro atoms. The van der Waals surface area contributed by atoms with Gasteiger partial charge in [-0.1, -0.05) is 19.1 Å². The summed E-state index contributed by atoms with van der Waals surface area (Å²) >= 11 is 0. The molecule has 2 atom stereocenters. The van der Waals surface area contributed by atoms with Gasteiger partial charge in [-0.05, 0) is 49.4 Å². The van der Waals surface area contributed by atoms with Gasteiger partial charge in [0.1, 0.15) is 5.75 Å². The molecule has 6 heteroatoms. The van der Waals surface area contributed by atoms with Crippen molar-refractivity contribution >= 4 is 15.8 Å². The van der Waals surface area contributed by atoms with E-state index >= 15 is 0 Å².